The van der Waals surface area contributed by atoms with Crippen LogP contribution in [0.25, 0.3) is 11.3 Å². The van der Waals surface area contributed by atoms with Crippen molar-refractivity contribution in [3.8, 4) is 11.3 Å². The van der Waals surface area contributed by atoms with Crippen molar-refractivity contribution in [2.24, 2.45) is 0 Å². The standard InChI is InChI=1S/C35H39BrF3N4O6PS/c1-33(2,3)50(44,34(4,5)6)47-19-46-30-32(51)48-27-18-45-31(20-10-8-7-9-11-20)49-29(27)35(30,22-14-23(36)16-40-15-22)43-17-26(41-42-43)21-12-24(37)28(39)25(38)13-21/h7-17,27,29-32,51H,18-19H2,1-6H3/t27-,29+,30+,31?,32-,35?/m1/s1. The van der Waals surface area contributed by atoms with E-state index in [-0.39, 0.29) is 17.9 Å². The van der Waals surface area contributed by atoms with Gasteiger partial charge in [0.05, 0.1) is 12.8 Å². The van der Waals surface area contributed by atoms with Crippen LogP contribution < -0.4 is 0 Å². The highest BCUT2D eigenvalue weighted by atomic mass is 79.9. The van der Waals surface area contributed by atoms with E-state index in [1.54, 1.807) is 18.5 Å². The van der Waals surface area contributed by atoms with Gasteiger partial charge in [-0.1, -0.05) is 77.1 Å². The molecule has 51 heavy (non-hydrogen) atoms. The summed E-state index contributed by atoms with van der Waals surface area (Å²) in [5.41, 5.74) is -1.32. The number of rotatable bonds is 8. The number of benzene rings is 2. The van der Waals surface area contributed by atoms with Gasteiger partial charge in [-0.25, -0.2) is 17.9 Å². The summed E-state index contributed by atoms with van der Waals surface area (Å²) in [4.78, 5) is 4.45. The third-order valence-corrected chi connectivity index (χ3v) is 13.9. The van der Waals surface area contributed by atoms with Gasteiger partial charge in [-0.05, 0) is 34.1 Å². The number of pyridine rings is 1. The Balaban J connectivity index is 1.53. The topological polar surface area (TPSA) is 107 Å². The zero-order valence-electron chi connectivity index (χ0n) is 28.8. The van der Waals surface area contributed by atoms with Gasteiger partial charge in [-0.3, -0.25) is 9.55 Å². The summed E-state index contributed by atoms with van der Waals surface area (Å²) < 4.78 is 91.4. The zero-order valence-corrected chi connectivity index (χ0v) is 32.2. The van der Waals surface area contributed by atoms with Crippen molar-refractivity contribution >= 4 is 35.9 Å². The Morgan fingerprint density at radius 2 is 1.69 bits per heavy atom. The van der Waals surface area contributed by atoms with E-state index in [1.807, 2.05) is 71.9 Å². The third-order valence-electron chi connectivity index (χ3n) is 9.10. The second kappa shape index (κ2) is 14.3. The molecule has 4 aromatic rings. The Labute approximate surface area is 308 Å². The van der Waals surface area contributed by atoms with Crippen molar-refractivity contribution in [2.75, 3.05) is 13.4 Å². The molecule has 2 unspecified atom stereocenters. The van der Waals surface area contributed by atoms with Gasteiger partial charge < -0.3 is 23.5 Å². The van der Waals surface area contributed by atoms with Crippen molar-refractivity contribution in [1.82, 2.24) is 20.0 Å². The smallest absolute Gasteiger partial charge is 0.215 e. The Morgan fingerprint density at radius 1 is 1.02 bits per heavy atom. The highest BCUT2D eigenvalue weighted by Crippen LogP contribution is 2.67. The van der Waals surface area contributed by atoms with Crippen molar-refractivity contribution in [3.63, 3.8) is 0 Å². The molecule has 0 saturated carbocycles. The van der Waals surface area contributed by atoms with Crippen LogP contribution in [0.2, 0.25) is 0 Å². The van der Waals surface area contributed by atoms with Crippen LogP contribution in [0.1, 0.15) is 59.0 Å². The molecular weight excluding hydrogens is 772 g/mol. The molecule has 0 radical (unpaired) electrons. The Kier molecular flexibility index (Phi) is 10.7. The Morgan fingerprint density at radius 3 is 2.31 bits per heavy atom. The molecule has 2 aliphatic heterocycles. The predicted octanol–water partition coefficient (Wildman–Crippen LogP) is 8.27. The fraction of sp³-hybridized carbons (Fsp3) is 0.457. The maximum absolute atomic E-state index is 14.5. The predicted molar refractivity (Wildman–Crippen MR) is 190 cm³/mol. The monoisotopic (exact) mass is 810 g/mol. The number of nitrogens with zero attached hydrogens (tertiary/aromatic N) is 4. The van der Waals surface area contributed by atoms with Gasteiger partial charge in [0.25, 0.3) is 0 Å². The molecule has 6 rings (SSSR count). The molecule has 16 heteroatoms. The lowest BCUT2D eigenvalue weighted by molar-refractivity contribution is -0.328. The van der Waals surface area contributed by atoms with Gasteiger partial charge in [-0.15, -0.1) is 17.7 Å². The molecule has 10 nitrogen and oxygen atoms in total. The molecule has 2 aliphatic rings. The largest absolute Gasteiger partial charge is 0.357 e. The van der Waals surface area contributed by atoms with E-state index in [9.17, 15) is 17.7 Å². The normalized spacial score (nSPS) is 25.8. The van der Waals surface area contributed by atoms with Crippen molar-refractivity contribution < 1.29 is 41.2 Å². The van der Waals surface area contributed by atoms with Crippen molar-refractivity contribution in [3.05, 3.63) is 100 Å². The summed E-state index contributed by atoms with van der Waals surface area (Å²) in [6.45, 7) is 10.7. The summed E-state index contributed by atoms with van der Waals surface area (Å²) in [6, 6.07) is 12.8. The summed E-state index contributed by atoms with van der Waals surface area (Å²) in [7, 11) is -3.39. The minimum absolute atomic E-state index is 0.0283. The highest BCUT2D eigenvalue weighted by Gasteiger charge is 2.63. The molecule has 4 heterocycles. The molecule has 2 saturated heterocycles. The van der Waals surface area contributed by atoms with E-state index in [1.165, 1.54) is 10.9 Å². The first-order valence-corrected chi connectivity index (χ1v) is 19.1. The number of aromatic nitrogens is 4. The van der Waals surface area contributed by atoms with E-state index in [4.69, 9.17) is 36.1 Å². The molecule has 2 aromatic carbocycles. The molecule has 274 valence electrons. The summed E-state index contributed by atoms with van der Waals surface area (Å²) in [5.74, 6) is -4.37. The van der Waals surface area contributed by atoms with Crippen LogP contribution in [0.5, 0.6) is 0 Å². The van der Waals surface area contributed by atoms with E-state index < -0.39 is 77.5 Å². The first kappa shape index (κ1) is 38.1. The summed E-state index contributed by atoms with van der Waals surface area (Å²) >= 11 is 8.40. The quantitative estimate of drug-likeness (QED) is 0.0815. The van der Waals surface area contributed by atoms with Crippen molar-refractivity contribution in [1.29, 1.82) is 0 Å². The van der Waals surface area contributed by atoms with Crippen LogP contribution >= 0.6 is 35.9 Å². The molecule has 2 fully saturated rings. The molecule has 0 N–H and O–H groups in total. The molecule has 0 bridgehead atoms. The zero-order chi connectivity index (χ0) is 36.9. The number of halogens is 4. The van der Waals surface area contributed by atoms with Crippen LogP contribution in [-0.4, -0.2) is 67.4 Å². The van der Waals surface area contributed by atoms with Gasteiger partial charge in [0.1, 0.15) is 35.0 Å². The number of thiol groups is 1. The average Bonchev–Trinajstić information content (AvgIpc) is 3.57. The van der Waals surface area contributed by atoms with Gasteiger partial charge in [0.2, 0.25) is 7.37 Å². The number of hydrogen-bond donors (Lipinski definition) is 1. The lowest BCUT2D eigenvalue weighted by Crippen LogP contribution is -2.70. The van der Waals surface area contributed by atoms with Gasteiger partial charge >= 0.3 is 0 Å². The van der Waals surface area contributed by atoms with Crippen LogP contribution in [0.4, 0.5) is 13.2 Å². The molecule has 0 spiro atoms. The first-order valence-electron chi connectivity index (χ1n) is 16.2. The number of hydrogen-bond acceptors (Lipinski definition) is 10. The van der Waals surface area contributed by atoms with E-state index in [0.29, 0.717) is 10.0 Å². The van der Waals surface area contributed by atoms with Crippen molar-refractivity contribution in [2.45, 2.75) is 87.4 Å². The Bertz CT molecular complexity index is 1890. The lowest BCUT2D eigenvalue weighted by Gasteiger charge is -2.55. The fourth-order valence-corrected chi connectivity index (χ4v) is 10.7. The average molecular weight is 812 g/mol. The molecule has 2 aromatic heterocycles. The minimum atomic E-state index is -3.39. The maximum atomic E-state index is 14.5. The van der Waals surface area contributed by atoms with E-state index in [0.717, 1.165) is 17.7 Å². The first-order chi connectivity index (χ1) is 24.0. The van der Waals surface area contributed by atoms with E-state index in [2.05, 4.69) is 31.2 Å². The molecule has 6 atom stereocenters. The molecule has 0 amide bonds. The third kappa shape index (κ3) is 6.96. The number of fused-ring (bicyclic) bond motifs is 1. The minimum Gasteiger partial charge on any atom is -0.357 e. The summed E-state index contributed by atoms with van der Waals surface area (Å²) in [6.07, 6.45) is 0.993. The molecule has 0 aliphatic carbocycles. The van der Waals surface area contributed by atoms with Gasteiger partial charge in [0, 0.05) is 43.9 Å². The molecular formula is C35H39BrF3N4O6PS. The van der Waals surface area contributed by atoms with Gasteiger partial charge in [0.15, 0.2) is 30.5 Å². The maximum Gasteiger partial charge on any atom is 0.215 e. The second-order valence-electron chi connectivity index (χ2n) is 14.4. The van der Waals surface area contributed by atoms with Crippen LogP contribution in [0, 0.1) is 17.5 Å². The number of ether oxygens (including phenoxy) is 4. The van der Waals surface area contributed by atoms with E-state index >= 15 is 0 Å². The van der Waals surface area contributed by atoms with Gasteiger partial charge in [-0.2, -0.15) is 0 Å². The van der Waals surface area contributed by atoms with Crippen LogP contribution in [0.3, 0.4) is 0 Å². The van der Waals surface area contributed by atoms with Crippen LogP contribution in [0.15, 0.2) is 71.6 Å². The SMILES string of the molecule is CC(C)(C)P(=O)(OCO[C@H]1[C@@H](S)O[C@@H]2COC(c3ccccc3)O[C@@H]2C1(c1cncc(Br)c1)n1cc(-c2cc(F)c(F)c(F)c2)nn1)C(C)(C)C. The van der Waals surface area contributed by atoms with Crippen LogP contribution in [-0.2, 0) is 33.6 Å². The lowest BCUT2D eigenvalue weighted by atomic mass is 9.75. The Hall–Kier alpha value is -2.62. The fourth-order valence-electron chi connectivity index (χ4n) is 6.86. The highest BCUT2D eigenvalue weighted by molar-refractivity contribution is 9.10. The second-order valence-corrected chi connectivity index (χ2v) is 19.9. The summed E-state index contributed by atoms with van der Waals surface area (Å²) in [5, 5.41) is 7.28.